The van der Waals surface area contributed by atoms with Crippen molar-refractivity contribution in [2.24, 2.45) is 0 Å². The van der Waals surface area contributed by atoms with Crippen molar-refractivity contribution in [3.8, 4) is 0 Å². The Morgan fingerprint density at radius 3 is 2.50 bits per heavy atom. The molecule has 0 aliphatic rings. The molecule has 0 aliphatic carbocycles. The van der Waals surface area contributed by atoms with Gasteiger partial charge >= 0.3 is 0 Å². The largest absolute Gasteiger partial charge is 0.513 e. The van der Waals surface area contributed by atoms with Crippen LogP contribution in [-0.2, 0) is 0 Å². The number of allylic oxidation sites excluding steroid dienone is 5. The van der Waals surface area contributed by atoms with Gasteiger partial charge in [0.2, 0.25) is 0 Å². The molecule has 0 spiro atoms. The van der Waals surface area contributed by atoms with E-state index in [1.165, 1.54) is 5.57 Å². The van der Waals surface area contributed by atoms with Crippen LogP contribution in [-0.4, -0.2) is 5.11 Å². The number of rotatable bonds is 5. The van der Waals surface area contributed by atoms with Crippen molar-refractivity contribution >= 4 is 0 Å². The molecule has 0 saturated carbocycles. The SMILES string of the molecule is C=C/C(=C/CC)CC/C(O)=C\C. The van der Waals surface area contributed by atoms with Crippen LogP contribution in [0.1, 0.15) is 33.1 Å². The minimum Gasteiger partial charge on any atom is -0.513 e. The molecule has 0 radical (unpaired) electrons. The Morgan fingerprint density at radius 2 is 2.08 bits per heavy atom. The van der Waals surface area contributed by atoms with Gasteiger partial charge in [0.25, 0.3) is 0 Å². The number of hydrogen-bond acceptors (Lipinski definition) is 1. The maximum atomic E-state index is 9.17. The first-order chi connectivity index (χ1) is 5.74. The molecule has 0 aromatic carbocycles. The van der Waals surface area contributed by atoms with Gasteiger partial charge in [-0.25, -0.2) is 0 Å². The van der Waals surface area contributed by atoms with Crippen molar-refractivity contribution in [2.45, 2.75) is 33.1 Å². The Morgan fingerprint density at radius 1 is 1.42 bits per heavy atom. The summed E-state index contributed by atoms with van der Waals surface area (Å²) in [7, 11) is 0. The first-order valence-corrected chi connectivity index (χ1v) is 4.40. The number of aliphatic hydroxyl groups excluding tert-OH is 1. The summed E-state index contributed by atoms with van der Waals surface area (Å²) in [5.41, 5.74) is 1.21. The summed E-state index contributed by atoms with van der Waals surface area (Å²) in [5.74, 6) is 0.457. The Hall–Kier alpha value is -0.980. The highest BCUT2D eigenvalue weighted by molar-refractivity contribution is 5.16. The Bertz CT molecular complexity index is 187. The second-order valence-electron chi connectivity index (χ2n) is 2.67. The zero-order valence-electron chi connectivity index (χ0n) is 8.01. The van der Waals surface area contributed by atoms with Crippen LogP contribution in [0.15, 0.2) is 36.1 Å². The number of aliphatic hydroxyl groups is 1. The molecule has 0 aromatic rings. The smallest absolute Gasteiger partial charge is 0.0883 e. The summed E-state index contributed by atoms with van der Waals surface area (Å²) in [4.78, 5) is 0. The van der Waals surface area contributed by atoms with Gasteiger partial charge in [-0.05, 0) is 25.8 Å². The molecule has 0 amide bonds. The second-order valence-corrected chi connectivity index (χ2v) is 2.67. The monoisotopic (exact) mass is 166 g/mol. The molecule has 68 valence electrons. The minimum atomic E-state index is 0.457. The van der Waals surface area contributed by atoms with E-state index in [1.54, 1.807) is 6.08 Å². The Balaban J connectivity index is 3.89. The third-order valence-corrected chi connectivity index (χ3v) is 1.73. The molecule has 0 heterocycles. The van der Waals surface area contributed by atoms with Gasteiger partial charge in [0, 0.05) is 6.42 Å². The third-order valence-electron chi connectivity index (χ3n) is 1.73. The van der Waals surface area contributed by atoms with E-state index in [-0.39, 0.29) is 0 Å². The van der Waals surface area contributed by atoms with Crippen LogP contribution >= 0.6 is 0 Å². The Kier molecular flexibility index (Phi) is 6.16. The molecule has 12 heavy (non-hydrogen) atoms. The molecule has 0 bridgehead atoms. The molecule has 0 aromatic heterocycles. The van der Waals surface area contributed by atoms with Gasteiger partial charge in [-0.1, -0.05) is 31.2 Å². The van der Waals surface area contributed by atoms with Gasteiger partial charge in [-0.2, -0.15) is 0 Å². The van der Waals surface area contributed by atoms with Crippen molar-refractivity contribution in [3.63, 3.8) is 0 Å². The van der Waals surface area contributed by atoms with Crippen molar-refractivity contribution in [2.75, 3.05) is 0 Å². The lowest BCUT2D eigenvalue weighted by Gasteiger charge is -2.00. The highest BCUT2D eigenvalue weighted by Crippen LogP contribution is 2.11. The lowest BCUT2D eigenvalue weighted by molar-refractivity contribution is 0.387. The molecular weight excluding hydrogens is 148 g/mol. The topological polar surface area (TPSA) is 20.2 Å². The van der Waals surface area contributed by atoms with Gasteiger partial charge < -0.3 is 5.11 Å². The van der Waals surface area contributed by atoms with Gasteiger partial charge in [0.05, 0.1) is 5.76 Å². The molecule has 0 unspecified atom stereocenters. The predicted octanol–water partition coefficient (Wildman–Crippen LogP) is 3.75. The summed E-state index contributed by atoms with van der Waals surface area (Å²) < 4.78 is 0. The van der Waals surface area contributed by atoms with Crippen molar-refractivity contribution in [1.82, 2.24) is 0 Å². The summed E-state index contributed by atoms with van der Waals surface area (Å²) in [6.45, 7) is 7.65. The average Bonchev–Trinajstić information content (AvgIpc) is 2.11. The maximum absolute atomic E-state index is 9.17. The molecule has 0 aliphatic heterocycles. The van der Waals surface area contributed by atoms with E-state index < -0.39 is 0 Å². The van der Waals surface area contributed by atoms with Gasteiger partial charge in [0.15, 0.2) is 0 Å². The summed E-state index contributed by atoms with van der Waals surface area (Å²) in [6, 6.07) is 0. The lowest BCUT2D eigenvalue weighted by atomic mass is 10.1. The van der Waals surface area contributed by atoms with Crippen molar-refractivity contribution in [3.05, 3.63) is 36.1 Å². The van der Waals surface area contributed by atoms with Crippen LogP contribution in [0.5, 0.6) is 0 Å². The van der Waals surface area contributed by atoms with E-state index in [9.17, 15) is 5.11 Å². The quantitative estimate of drug-likeness (QED) is 0.487. The molecule has 1 heteroatoms. The highest BCUT2D eigenvalue weighted by Gasteiger charge is 1.94. The van der Waals surface area contributed by atoms with Gasteiger partial charge in [-0.15, -0.1) is 0 Å². The third kappa shape index (κ3) is 4.78. The van der Waals surface area contributed by atoms with Crippen LogP contribution in [0.25, 0.3) is 0 Å². The van der Waals surface area contributed by atoms with Crippen LogP contribution in [0, 0.1) is 0 Å². The molecule has 0 fully saturated rings. The van der Waals surface area contributed by atoms with E-state index in [0.29, 0.717) is 12.2 Å². The summed E-state index contributed by atoms with van der Waals surface area (Å²) in [6.07, 6.45) is 8.34. The molecule has 1 N–H and O–H groups in total. The lowest BCUT2D eigenvalue weighted by Crippen LogP contribution is -1.83. The van der Waals surface area contributed by atoms with E-state index in [2.05, 4.69) is 19.6 Å². The zero-order valence-corrected chi connectivity index (χ0v) is 8.01. The highest BCUT2D eigenvalue weighted by atomic mass is 16.3. The normalized spacial score (nSPS) is 13.2. The molecular formula is C11H18O. The summed E-state index contributed by atoms with van der Waals surface area (Å²) >= 11 is 0. The number of hydrogen-bond donors (Lipinski definition) is 1. The van der Waals surface area contributed by atoms with Gasteiger partial charge in [0.1, 0.15) is 0 Å². The van der Waals surface area contributed by atoms with E-state index >= 15 is 0 Å². The van der Waals surface area contributed by atoms with E-state index in [0.717, 1.165) is 12.8 Å². The fourth-order valence-electron chi connectivity index (χ4n) is 0.966. The summed E-state index contributed by atoms with van der Waals surface area (Å²) in [5, 5.41) is 9.17. The molecule has 0 atom stereocenters. The Labute approximate surface area is 75.1 Å². The zero-order chi connectivity index (χ0) is 9.40. The van der Waals surface area contributed by atoms with Gasteiger partial charge in [-0.3, -0.25) is 0 Å². The van der Waals surface area contributed by atoms with Crippen LogP contribution in [0.4, 0.5) is 0 Å². The molecule has 0 saturated heterocycles. The first kappa shape index (κ1) is 11.0. The fraction of sp³-hybridized carbons (Fsp3) is 0.455. The standard InChI is InChI=1S/C11H18O/c1-4-7-10(5-2)8-9-11(12)6-3/h5-7,12H,2,4,8-9H2,1,3H3/b10-7-,11-6+. The average molecular weight is 166 g/mol. The predicted molar refractivity (Wildman–Crippen MR) is 54.2 cm³/mol. The fourth-order valence-corrected chi connectivity index (χ4v) is 0.966. The van der Waals surface area contributed by atoms with Crippen LogP contribution in [0.3, 0.4) is 0 Å². The van der Waals surface area contributed by atoms with E-state index in [4.69, 9.17) is 0 Å². The van der Waals surface area contributed by atoms with Crippen molar-refractivity contribution < 1.29 is 5.11 Å². The first-order valence-electron chi connectivity index (χ1n) is 4.40. The van der Waals surface area contributed by atoms with Crippen molar-refractivity contribution in [1.29, 1.82) is 0 Å². The minimum absolute atomic E-state index is 0.457. The molecule has 1 nitrogen and oxygen atoms in total. The second kappa shape index (κ2) is 6.71. The van der Waals surface area contributed by atoms with Crippen LogP contribution in [0.2, 0.25) is 0 Å². The molecule has 0 rings (SSSR count). The maximum Gasteiger partial charge on any atom is 0.0883 e. The van der Waals surface area contributed by atoms with Crippen LogP contribution < -0.4 is 0 Å². The van der Waals surface area contributed by atoms with E-state index in [1.807, 2.05) is 13.0 Å².